The molecule has 3 N–H and O–H groups in total. The van der Waals surface area contributed by atoms with Crippen LogP contribution in [0, 0.1) is 0 Å². The van der Waals surface area contributed by atoms with E-state index >= 15 is 0 Å². The highest BCUT2D eigenvalue weighted by molar-refractivity contribution is 5.39. The number of rotatable bonds is 5. The van der Waals surface area contributed by atoms with E-state index in [1.165, 1.54) is 0 Å². The number of nitrogens with two attached hydrogens (primary N) is 1. The predicted molar refractivity (Wildman–Crippen MR) is 56.8 cm³/mol. The molecule has 0 heterocycles. The van der Waals surface area contributed by atoms with Crippen molar-refractivity contribution in [3.8, 4) is 0 Å². The van der Waals surface area contributed by atoms with Crippen LogP contribution in [0.5, 0.6) is 0 Å². The summed E-state index contributed by atoms with van der Waals surface area (Å²) >= 11 is 0. The van der Waals surface area contributed by atoms with Crippen molar-refractivity contribution in [1.29, 1.82) is 0 Å². The van der Waals surface area contributed by atoms with Gasteiger partial charge in [0, 0.05) is 12.3 Å². The van der Waals surface area contributed by atoms with Crippen molar-refractivity contribution in [3.63, 3.8) is 0 Å². The molecule has 0 aliphatic heterocycles. The SMILES string of the molecule is CC(O)CCOCc1ccc(N)cc1. The molecule has 3 heteroatoms. The van der Waals surface area contributed by atoms with E-state index in [2.05, 4.69) is 0 Å². The molecule has 0 aromatic heterocycles. The zero-order valence-corrected chi connectivity index (χ0v) is 8.44. The minimum absolute atomic E-state index is 0.290. The van der Waals surface area contributed by atoms with Gasteiger partial charge in [-0.15, -0.1) is 0 Å². The average molecular weight is 195 g/mol. The van der Waals surface area contributed by atoms with E-state index in [-0.39, 0.29) is 6.10 Å². The maximum atomic E-state index is 8.99. The van der Waals surface area contributed by atoms with Crippen LogP contribution in [-0.4, -0.2) is 17.8 Å². The fourth-order valence-corrected chi connectivity index (χ4v) is 1.06. The number of hydrogen-bond acceptors (Lipinski definition) is 3. The lowest BCUT2D eigenvalue weighted by Crippen LogP contribution is -2.05. The Hall–Kier alpha value is -1.06. The number of nitrogen functional groups attached to an aromatic ring is 1. The lowest BCUT2D eigenvalue weighted by atomic mass is 10.2. The fraction of sp³-hybridized carbons (Fsp3) is 0.455. The zero-order valence-electron chi connectivity index (χ0n) is 8.44. The van der Waals surface area contributed by atoms with Gasteiger partial charge in [0.2, 0.25) is 0 Å². The fourth-order valence-electron chi connectivity index (χ4n) is 1.06. The van der Waals surface area contributed by atoms with E-state index in [0.717, 1.165) is 11.3 Å². The van der Waals surface area contributed by atoms with Gasteiger partial charge in [-0.25, -0.2) is 0 Å². The van der Waals surface area contributed by atoms with Crippen LogP contribution in [0.2, 0.25) is 0 Å². The van der Waals surface area contributed by atoms with Crippen molar-refractivity contribution in [2.24, 2.45) is 0 Å². The van der Waals surface area contributed by atoms with Gasteiger partial charge in [-0.3, -0.25) is 0 Å². The summed E-state index contributed by atoms with van der Waals surface area (Å²) in [6, 6.07) is 7.59. The molecule has 0 bridgehead atoms. The summed E-state index contributed by atoms with van der Waals surface area (Å²) in [5.74, 6) is 0. The molecule has 1 atom stereocenters. The van der Waals surface area contributed by atoms with Crippen molar-refractivity contribution in [2.75, 3.05) is 12.3 Å². The number of ether oxygens (including phenoxy) is 1. The highest BCUT2D eigenvalue weighted by Gasteiger charge is 1.96. The largest absolute Gasteiger partial charge is 0.399 e. The molecular weight excluding hydrogens is 178 g/mol. The van der Waals surface area contributed by atoms with Gasteiger partial charge in [0.1, 0.15) is 0 Å². The van der Waals surface area contributed by atoms with E-state index in [0.29, 0.717) is 19.6 Å². The topological polar surface area (TPSA) is 55.5 Å². The Morgan fingerprint density at radius 3 is 2.57 bits per heavy atom. The third-order valence-electron chi connectivity index (χ3n) is 1.93. The highest BCUT2D eigenvalue weighted by Crippen LogP contribution is 2.06. The van der Waals surface area contributed by atoms with Crippen molar-refractivity contribution in [1.82, 2.24) is 0 Å². The summed E-state index contributed by atoms with van der Waals surface area (Å²) in [4.78, 5) is 0. The summed E-state index contributed by atoms with van der Waals surface area (Å²) in [5.41, 5.74) is 7.41. The Labute approximate surface area is 84.5 Å². The minimum atomic E-state index is -0.290. The van der Waals surface area contributed by atoms with E-state index in [9.17, 15) is 0 Å². The van der Waals surface area contributed by atoms with Gasteiger partial charge in [-0.05, 0) is 31.0 Å². The zero-order chi connectivity index (χ0) is 10.4. The first kappa shape index (κ1) is 11.0. The van der Waals surface area contributed by atoms with E-state index < -0.39 is 0 Å². The van der Waals surface area contributed by atoms with E-state index in [1.807, 2.05) is 24.3 Å². The highest BCUT2D eigenvalue weighted by atomic mass is 16.5. The van der Waals surface area contributed by atoms with Crippen LogP contribution in [-0.2, 0) is 11.3 Å². The van der Waals surface area contributed by atoms with Crippen LogP contribution in [0.25, 0.3) is 0 Å². The van der Waals surface area contributed by atoms with E-state index in [1.54, 1.807) is 6.92 Å². The van der Waals surface area contributed by atoms with Crippen LogP contribution in [0.3, 0.4) is 0 Å². The van der Waals surface area contributed by atoms with Crippen molar-refractivity contribution < 1.29 is 9.84 Å². The molecule has 1 aromatic carbocycles. The second kappa shape index (κ2) is 5.62. The molecule has 1 unspecified atom stereocenters. The number of aliphatic hydroxyl groups is 1. The Kier molecular flexibility index (Phi) is 4.43. The Balaban J connectivity index is 2.21. The van der Waals surface area contributed by atoms with Gasteiger partial charge >= 0.3 is 0 Å². The first-order chi connectivity index (χ1) is 6.68. The Morgan fingerprint density at radius 1 is 1.36 bits per heavy atom. The van der Waals surface area contributed by atoms with Crippen LogP contribution >= 0.6 is 0 Å². The van der Waals surface area contributed by atoms with E-state index in [4.69, 9.17) is 15.6 Å². The quantitative estimate of drug-likeness (QED) is 0.553. The summed E-state index contributed by atoms with van der Waals surface area (Å²) in [6.45, 7) is 2.92. The lowest BCUT2D eigenvalue weighted by Gasteiger charge is -2.06. The van der Waals surface area contributed by atoms with Crippen molar-refractivity contribution >= 4 is 5.69 Å². The molecule has 0 radical (unpaired) electrons. The monoisotopic (exact) mass is 195 g/mol. The smallest absolute Gasteiger partial charge is 0.0716 e. The van der Waals surface area contributed by atoms with Gasteiger partial charge in [0.05, 0.1) is 12.7 Å². The first-order valence-electron chi connectivity index (χ1n) is 4.78. The Bertz CT molecular complexity index is 256. The third-order valence-corrected chi connectivity index (χ3v) is 1.93. The first-order valence-corrected chi connectivity index (χ1v) is 4.78. The summed E-state index contributed by atoms with van der Waals surface area (Å²) in [7, 11) is 0. The van der Waals surface area contributed by atoms with Gasteiger partial charge in [-0.1, -0.05) is 12.1 Å². The molecule has 0 saturated carbocycles. The average Bonchev–Trinajstić information content (AvgIpc) is 2.15. The van der Waals surface area contributed by atoms with Gasteiger partial charge in [0.25, 0.3) is 0 Å². The van der Waals surface area contributed by atoms with Gasteiger partial charge in [-0.2, -0.15) is 0 Å². The molecule has 1 aromatic rings. The maximum Gasteiger partial charge on any atom is 0.0716 e. The molecule has 0 amide bonds. The van der Waals surface area contributed by atoms with Crippen molar-refractivity contribution in [2.45, 2.75) is 26.1 Å². The molecule has 0 spiro atoms. The molecule has 0 fully saturated rings. The van der Waals surface area contributed by atoms with Gasteiger partial charge < -0.3 is 15.6 Å². The molecule has 0 aliphatic rings. The normalized spacial score (nSPS) is 12.7. The number of aliphatic hydroxyl groups excluding tert-OH is 1. The molecule has 14 heavy (non-hydrogen) atoms. The second-order valence-corrected chi connectivity index (χ2v) is 3.43. The molecule has 3 nitrogen and oxygen atoms in total. The number of benzene rings is 1. The summed E-state index contributed by atoms with van der Waals surface area (Å²) in [5, 5.41) is 8.99. The third kappa shape index (κ3) is 4.25. The lowest BCUT2D eigenvalue weighted by molar-refractivity contribution is 0.0801. The minimum Gasteiger partial charge on any atom is -0.399 e. The summed E-state index contributed by atoms with van der Waals surface area (Å²) < 4.78 is 5.37. The molecule has 78 valence electrons. The van der Waals surface area contributed by atoms with Crippen LogP contribution in [0.1, 0.15) is 18.9 Å². The standard InChI is InChI=1S/C11H17NO2/c1-9(13)6-7-14-8-10-2-4-11(12)5-3-10/h2-5,9,13H,6-8,12H2,1H3. The van der Waals surface area contributed by atoms with Crippen LogP contribution in [0.4, 0.5) is 5.69 Å². The molecular formula is C11H17NO2. The second-order valence-electron chi connectivity index (χ2n) is 3.43. The molecule has 0 aliphatic carbocycles. The molecule has 0 saturated heterocycles. The predicted octanol–water partition coefficient (Wildman–Crippen LogP) is 1.56. The summed E-state index contributed by atoms with van der Waals surface area (Å²) in [6.07, 6.45) is 0.385. The number of hydrogen-bond donors (Lipinski definition) is 2. The van der Waals surface area contributed by atoms with Crippen LogP contribution < -0.4 is 5.73 Å². The van der Waals surface area contributed by atoms with Crippen molar-refractivity contribution in [3.05, 3.63) is 29.8 Å². The number of anilines is 1. The maximum absolute atomic E-state index is 8.99. The van der Waals surface area contributed by atoms with Gasteiger partial charge in [0.15, 0.2) is 0 Å². The Morgan fingerprint density at radius 2 is 2.00 bits per heavy atom. The molecule has 1 rings (SSSR count). The van der Waals surface area contributed by atoms with Crippen LogP contribution in [0.15, 0.2) is 24.3 Å².